The third-order valence-electron chi connectivity index (χ3n) is 2.85. The molecule has 0 saturated carbocycles. The first-order chi connectivity index (χ1) is 9.56. The number of anilines is 1. The van der Waals surface area contributed by atoms with Crippen molar-refractivity contribution >= 4 is 27.5 Å². The second-order valence-electron chi connectivity index (χ2n) is 4.40. The van der Waals surface area contributed by atoms with Gasteiger partial charge < -0.3 is 11.1 Å². The fraction of sp³-hybridized carbons (Fsp3) is 0.133. The lowest BCUT2D eigenvalue weighted by Gasteiger charge is -2.11. The highest BCUT2D eigenvalue weighted by Crippen LogP contribution is 2.20. The largest absolute Gasteiger partial charge is 0.381 e. The number of halogens is 2. The van der Waals surface area contributed by atoms with E-state index in [0.29, 0.717) is 11.0 Å². The molecule has 0 aliphatic carbocycles. The number of carbonyl (C=O) groups is 1. The van der Waals surface area contributed by atoms with Crippen LogP contribution in [0.3, 0.4) is 0 Å². The second-order valence-corrected chi connectivity index (χ2v) is 5.26. The van der Waals surface area contributed by atoms with Crippen molar-refractivity contribution in [2.24, 2.45) is 5.73 Å². The minimum absolute atomic E-state index is 0.191. The van der Waals surface area contributed by atoms with Crippen molar-refractivity contribution in [3.8, 4) is 0 Å². The third-order valence-corrected chi connectivity index (χ3v) is 3.46. The maximum atomic E-state index is 13.2. The van der Waals surface area contributed by atoms with Crippen molar-refractivity contribution in [2.45, 2.75) is 13.0 Å². The van der Waals surface area contributed by atoms with Crippen molar-refractivity contribution in [2.75, 3.05) is 5.32 Å². The molecular weight excluding hydrogens is 323 g/mol. The van der Waals surface area contributed by atoms with E-state index in [-0.39, 0.29) is 18.1 Å². The molecular formula is C15H14BrFN2O. The molecule has 0 bridgehead atoms. The first-order valence-corrected chi connectivity index (χ1v) is 6.89. The summed E-state index contributed by atoms with van der Waals surface area (Å²) in [5.74, 6) is -0.661. The van der Waals surface area contributed by atoms with Crippen LogP contribution in [0.2, 0.25) is 0 Å². The summed E-state index contributed by atoms with van der Waals surface area (Å²) in [4.78, 5) is 11.0. The molecule has 0 saturated heterocycles. The highest BCUT2D eigenvalue weighted by Gasteiger charge is 2.05. The molecule has 1 amide bonds. The normalized spacial score (nSPS) is 10.3. The maximum Gasteiger partial charge on any atom is 0.221 e. The van der Waals surface area contributed by atoms with Crippen LogP contribution in [0.5, 0.6) is 0 Å². The molecule has 2 aromatic carbocycles. The minimum atomic E-state index is -0.372. The molecule has 0 aliphatic rings. The molecule has 5 heteroatoms. The zero-order valence-electron chi connectivity index (χ0n) is 10.7. The Morgan fingerprint density at radius 2 is 2.00 bits per heavy atom. The van der Waals surface area contributed by atoms with Crippen molar-refractivity contribution in [1.82, 2.24) is 0 Å². The van der Waals surface area contributed by atoms with E-state index < -0.39 is 0 Å². The van der Waals surface area contributed by atoms with Crippen molar-refractivity contribution in [1.29, 1.82) is 0 Å². The zero-order chi connectivity index (χ0) is 14.5. The van der Waals surface area contributed by atoms with Gasteiger partial charge in [0.2, 0.25) is 5.91 Å². The lowest BCUT2D eigenvalue weighted by atomic mass is 10.1. The fourth-order valence-corrected chi connectivity index (χ4v) is 2.31. The summed E-state index contributed by atoms with van der Waals surface area (Å²) in [5, 5.41) is 3.23. The Morgan fingerprint density at radius 3 is 2.70 bits per heavy atom. The Bertz CT molecular complexity index is 631. The smallest absolute Gasteiger partial charge is 0.221 e. The molecule has 20 heavy (non-hydrogen) atoms. The number of nitrogens with one attached hydrogen (secondary N) is 1. The van der Waals surface area contributed by atoms with Gasteiger partial charge in [-0.05, 0) is 45.3 Å². The summed E-state index contributed by atoms with van der Waals surface area (Å²) in [6.45, 7) is 0.536. The van der Waals surface area contributed by atoms with Crippen molar-refractivity contribution in [3.63, 3.8) is 0 Å². The summed E-state index contributed by atoms with van der Waals surface area (Å²) >= 11 is 3.16. The Hall–Kier alpha value is -1.88. The molecule has 0 unspecified atom stereocenters. The van der Waals surface area contributed by atoms with E-state index in [4.69, 9.17) is 5.73 Å². The second kappa shape index (κ2) is 6.52. The van der Waals surface area contributed by atoms with E-state index in [0.717, 1.165) is 16.8 Å². The summed E-state index contributed by atoms with van der Waals surface area (Å²) in [6, 6.07) is 12.3. The van der Waals surface area contributed by atoms with Gasteiger partial charge in [-0.1, -0.05) is 24.3 Å². The SMILES string of the molecule is NC(=O)Cc1ccccc1NCc1ccc(F)c(Br)c1. The van der Waals surface area contributed by atoms with Gasteiger partial charge in [-0.15, -0.1) is 0 Å². The van der Waals surface area contributed by atoms with E-state index in [1.807, 2.05) is 24.3 Å². The molecule has 0 fully saturated rings. The molecule has 3 N–H and O–H groups in total. The van der Waals surface area contributed by atoms with E-state index in [9.17, 15) is 9.18 Å². The van der Waals surface area contributed by atoms with Gasteiger partial charge in [0.05, 0.1) is 10.9 Å². The van der Waals surface area contributed by atoms with E-state index in [1.165, 1.54) is 6.07 Å². The van der Waals surface area contributed by atoms with Crippen molar-refractivity contribution < 1.29 is 9.18 Å². The fourth-order valence-electron chi connectivity index (χ4n) is 1.88. The number of rotatable bonds is 5. The number of hydrogen-bond acceptors (Lipinski definition) is 2. The average Bonchev–Trinajstić information content (AvgIpc) is 2.41. The highest BCUT2D eigenvalue weighted by atomic mass is 79.9. The van der Waals surface area contributed by atoms with Gasteiger partial charge in [0.15, 0.2) is 0 Å². The predicted octanol–water partition coefficient (Wildman–Crippen LogP) is 3.23. The number of para-hydroxylation sites is 1. The van der Waals surface area contributed by atoms with Crippen LogP contribution in [0.1, 0.15) is 11.1 Å². The molecule has 0 aliphatic heterocycles. The predicted molar refractivity (Wildman–Crippen MR) is 80.8 cm³/mol. The Morgan fingerprint density at radius 1 is 1.25 bits per heavy atom. The van der Waals surface area contributed by atoms with Gasteiger partial charge in [0, 0.05) is 12.2 Å². The Kier molecular flexibility index (Phi) is 4.74. The molecule has 0 aromatic heterocycles. The van der Waals surface area contributed by atoms with Crippen molar-refractivity contribution in [3.05, 3.63) is 63.9 Å². The lowest BCUT2D eigenvalue weighted by molar-refractivity contribution is -0.117. The molecule has 0 radical (unpaired) electrons. The van der Waals surface area contributed by atoms with Gasteiger partial charge in [-0.3, -0.25) is 4.79 Å². The number of benzene rings is 2. The minimum Gasteiger partial charge on any atom is -0.381 e. The number of primary amides is 1. The summed E-state index contributed by atoms with van der Waals surface area (Å²) in [5.41, 5.74) is 7.86. The topological polar surface area (TPSA) is 55.1 Å². The van der Waals surface area contributed by atoms with Crippen LogP contribution in [0.4, 0.5) is 10.1 Å². The van der Waals surface area contributed by atoms with Crippen LogP contribution in [0.25, 0.3) is 0 Å². The van der Waals surface area contributed by atoms with E-state index >= 15 is 0 Å². The van der Waals surface area contributed by atoms with Crippen LogP contribution in [0.15, 0.2) is 46.9 Å². The van der Waals surface area contributed by atoms with Gasteiger partial charge >= 0.3 is 0 Å². The standard InChI is InChI=1S/C15H14BrFN2O/c16-12-7-10(5-6-13(12)17)9-19-14-4-2-1-3-11(14)8-15(18)20/h1-7,19H,8-9H2,(H2,18,20). The van der Waals surface area contributed by atoms with Crippen LogP contribution in [-0.2, 0) is 17.8 Å². The summed E-state index contributed by atoms with van der Waals surface area (Å²) in [7, 11) is 0. The first kappa shape index (κ1) is 14.5. The summed E-state index contributed by atoms with van der Waals surface area (Å²) < 4.78 is 13.6. The number of amides is 1. The quantitative estimate of drug-likeness (QED) is 0.880. The van der Waals surface area contributed by atoms with Crippen LogP contribution >= 0.6 is 15.9 Å². The molecule has 3 nitrogen and oxygen atoms in total. The Balaban J connectivity index is 2.10. The molecule has 104 valence electrons. The summed E-state index contributed by atoms with van der Waals surface area (Å²) in [6.07, 6.45) is 0.191. The lowest BCUT2D eigenvalue weighted by Crippen LogP contribution is -2.15. The Labute approximate surface area is 125 Å². The van der Waals surface area contributed by atoms with Crippen LogP contribution in [-0.4, -0.2) is 5.91 Å². The molecule has 0 atom stereocenters. The average molecular weight is 337 g/mol. The highest BCUT2D eigenvalue weighted by molar-refractivity contribution is 9.10. The van der Waals surface area contributed by atoms with Gasteiger partial charge in [-0.2, -0.15) is 0 Å². The molecule has 2 aromatic rings. The van der Waals surface area contributed by atoms with Gasteiger partial charge in [0.1, 0.15) is 5.82 Å². The third kappa shape index (κ3) is 3.81. The van der Waals surface area contributed by atoms with Gasteiger partial charge in [0.25, 0.3) is 0 Å². The number of nitrogens with two attached hydrogens (primary N) is 1. The van der Waals surface area contributed by atoms with Crippen LogP contribution in [0, 0.1) is 5.82 Å². The van der Waals surface area contributed by atoms with E-state index in [2.05, 4.69) is 21.2 Å². The maximum absolute atomic E-state index is 13.2. The van der Waals surface area contributed by atoms with Gasteiger partial charge in [-0.25, -0.2) is 4.39 Å². The first-order valence-electron chi connectivity index (χ1n) is 6.10. The van der Waals surface area contributed by atoms with E-state index in [1.54, 1.807) is 12.1 Å². The monoisotopic (exact) mass is 336 g/mol. The van der Waals surface area contributed by atoms with Crippen LogP contribution < -0.4 is 11.1 Å². The molecule has 0 spiro atoms. The number of hydrogen-bond donors (Lipinski definition) is 2. The molecule has 2 rings (SSSR count). The molecule has 0 heterocycles. The number of carbonyl (C=O) groups excluding carboxylic acids is 1. The zero-order valence-corrected chi connectivity index (χ0v) is 12.3.